The molecule has 0 aliphatic carbocycles. The third-order valence-electron chi connectivity index (χ3n) is 4.67. The Hall–Kier alpha value is -2.59. The first-order valence-electron chi connectivity index (χ1n) is 9.42. The van der Waals surface area contributed by atoms with Crippen molar-refractivity contribution in [1.82, 2.24) is 5.32 Å². The summed E-state index contributed by atoms with van der Waals surface area (Å²) in [6.45, 7) is 4.12. The molecule has 0 aliphatic heterocycles. The summed E-state index contributed by atoms with van der Waals surface area (Å²) in [4.78, 5) is 13.8. The number of rotatable bonds is 7. The first-order chi connectivity index (χ1) is 13.6. The van der Waals surface area contributed by atoms with Crippen molar-refractivity contribution in [1.29, 1.82) is 0 Å². The van der Waals surface area contributed by atoms with Crippen molar-refractivity contribution in [3.8, 4) is 0 Å². The Morgan fingerprint density at radius 1 is 0.964 bits per heavy atom. The average molecular weight is 394 g/mol. The summed E-state index contributed by atoms with van der Waals surface area (Å²) in [7, 11) is 0. The van der Waals surface area contributed by atoms with E-state index >= 15 is 0 Å². The minimum atomic E-state index is -0.241. The van der Waals surface area contributed by atoms with Gasteiger partial charge in [-0.1, -0.05) is 55.5 Å². The minimum Gasteiger partial charge on any atom is -0.345 e. The summed E-state index contributed by atoms with van der Waals surface area (Å²) in [5, 5.41) is 3.09. The first kappa shape index (κ1) is 20.2. The largest absolute Gasteiger partial charge is 0.345 e. The highest BCUT2D eigenvalue weighted by atomic mass is 32.2. The van der Waals surface area contributed by atoms with Gasteiger partial charge in [0.2, 0.25) is 0 Å². The first-order valence-corrected chi connectivity index (χ1v) is 10.4. The molecule has 1 atom stereocenters. The maximum atomic E-state index is 13.1. The van der Waals surface area contributed by atoms with Gasteiger partial charge >= 0.3 is 0 Å². The number of hydrogen-bond donors (Lipinski definition) is 1. The number of amides is 1. The Balaban J connectivity index is 1.68. The van der Waals surface area contributed by atoms with Gasteiger partial charge in [-0.2, -0.15) is 0 Å². The average Bonchev–Trinajstić information content (AvgIpc) is 2.73. The van der Waals surface area contributed by atoms with Crippen molar-refractivity contribution in [2.24, 2.45) is 0 Å². The van der Waals surface area contributed by atoms with Crippen LogP contribution in [0.25, 0.3) is 0 Å². The van der Waals surface area contributed by atoms with Gasteiger partial charge < -0.3 is 5.32 Å². The molecule has 4 heteroatoms. The van der Waals surface area contributed by atoms with Gasteiger partial charge in [0.25, 0.3) is 5.91 Å². The highest BCUT2D eigenvalue weighted by Gasteiger charge is 2.15. The Bertz CT molecular complexity index is 922. The lowest BCUT2D eigenvalue weighted by atomic mass is 10.0. The monoisotopic (exact) mass is 393 g/mol. The molecular formula is C24H24FNOS. The molecule has 0 spiro atoms. The summed E-state index contributed by atoms with van der Waals surface area (Å²) >= 11 is 1.58. The molecule has 0 aliphatic rings. The molecule has 0 saturated heterocycles. The summed E-state index contributed by atoms with van der Waals surface area (Å²) in [6.07, 6.45) is 1.000. The third kappa shape index (κ3) is 5.23. The number of carbonyl (C=O) groups excluding carboxylic acids is 1. The van der Waals surface area contributed by atoms with Crippen LogP contribution in [-0.2, 0) is 12.2 Å². The predicted molar refractivity (Wildman–Crippen MR) is 114 cm³/mol. The summed E-state index contributed by atoms with van der Waals surface area (Å²) in [5.74, 6) is 0.349. The van der Waals surface area contributed by atoms with Crippen molar-refractivity contribution in [3.63, 3.8) is 0 Å². The lowest BCUT2D eigenvalue weighted by Crippen LogP contribution is -2.27. The number of thioether (sulfide) groups is 1. The fraction of sp³-hybridized carbons (Fsp3) is 0.208. The van der Waals surface area contributed by atoms with E-state index in [1.54, 1.807) is 23.9 Å². The van der Waals surface area contributed by atoms with Gasteiger partial charge in [0.15, 0.2) is 0 Å². The van der Waals surface area contributed by atoms with E-state index in [4.69, 9.17) is 0 Å². The van der Waals surface area contributed by atoms with Crippen LogP contribution in [0, 0.1) is 5.82 Å². The van der Waals surface area contributed by atoms with E-state index in [9.17, 15) is 9.18 Å². The van der Waals surface area contributed by atoms with Gasteiger partial charge in [-0.05, 0) is 54.3 Å². The zero-order valence-corrected chi connectivity index (χ0v) is 16.9. The summed E-state index contributed by atoms with van der Waals surface area (Å²) in [6, 6.07) is 22.3. The van der Waals surface area contributed by atoms with Gasteiger partial charge in [-0.15, -0.1) is 11.8 Å². The Labute approximate surface area is 170 Å². The smallest absolute Gasteiger partial charge is 0.252 e. The molecule has 1 amide bonds. The molecule has 1 N–H and O–H groups in total. The molecule has 1 unspecified atom stereocenters. The second kappa shape index (κ2) is 9.56. The second-order valence-corrected chi connectivity index (χ2v) is 7.72. The zero-order chi connectivity index (χ0) is 19.9. The van der Waals surface area contributed by atoms with Crippen molar-refractivity contribution >= 4 is 17.7 Å². The molecule has 0 fully saturated rings. The van der Waals surface area contributed by atoms with Crippen LogP contribution in [0.1, 0.15) is 46.9 Å². The molecule has 2 nitrogen and oxygen atoms in total. The molecule has 0 aromatic heterocycles. The highest BCUT2D eigenvalue weighted by Crippen LogP contribution is 2.27. The number of halogens is 1. The van der Waals surface area contributed by atoms with Crippen LogP contribution in [-0.4, -0.2) is 5.91 Å². The maximum absolute atomic E-state index is 13.1. The number of carbonyl (C=O) groups is 1. The Morgan fingerprint density at radius 3 is 2.29 bits per heavy atom. The highest BCUT2D eigenvalue weighted by molar-refractivity contribution is 7.98. The van der Waals surface area contributed by atoms with Crippen molar-refractivity contribution in [3.05, 3.63) is 101 Å². The van der Waals surface area contributed by atoms with Crippen LogP contribution in [0.2, 0.25) is 0 Å². The summed E-state index contributed by atoms with van der Waals surface area (Å²) < 4.78 is 13.1. The predicted octanol–water partition coefficient (Wildman–Crippen LogP) is 6.17. The molecule has 3 aromatic carbocycles. The lowest BCUT2D eigenvalue weighted by Gasteiger charge is -2.16. The molecule has 28 heavy (non-hydrogen) atoms. The van der Waals surface area contributed by atoms with Crippen molar-refractivity contribution in [2.75, 3.05) is 0 Å². The second-order valence-electron chi connectivity index (χ2n) is 6.70. The number of hydrogen-bond acceptors (Lipinski definition) is 2. The Morgan fingerprint density at radius 2 is 1.61 bits per heavy atom. The van der Waals surface area contributed by atoms with Gasteiger partial charge in [-0.3, -0.25) is 4.79 Å². The standard InChI is InChI=1S/C24H24FNOS/c1-3-18-8-12-20(13-9-18)17(2)26-24(27)22-6-4-5-7-23(22)28-16-19-10-14-21(25)15-11-19/h4-15,17H,3,16H2,1-2H3,(H,26,27). The van der Waals surface area contributed by atoms with Crippen LogP contribution >= 0.6 is 11.8 Å². The fourth-order valence-corrected chi connectivity index (χ4v) is 3.93. The zero-order valence-electron chi connectivity index (χ0n) is 16.1. The van der Waals surface area contributed by atoms with Crippen LogP contribution in [0.15, 0.2) is 77.7 Å². The fourth-order valence-electron chi connectivity index (χ4n) is 2.92. The van der Waals surface area contributed by atoms with Gasteiger partial charge in [-0.25, -0.2) is 4.39 Å². The molecule has 0 radical (unpaired) electrons. The molecular weight excluding hydrogens is 369 g/mol. The van der Waals surface area contributed by atoms with E-state index in [1.165, 1.54) is 17.7 Å². The molecule has 3 rings (SSSR count). The molecule has 0 saturated carbocycles. The lowest BCUT2D eigenvalue weighted by molar-refractivity contribution is 0.0937. The van der Waals surface area contributed by atoms with E-state index in [0.717, 1.165) is 22.4 Å². The van der Waals surface area contributed by atoms with E-state index in [-0.39, 0.29) is 17.8 Å². The number of nitrogens with one attached hydrogen (secondary N) is 1. The maximum Gasteiger partial charge on any atom is 0.252 e. The van der Waals surface area contributed by atoms with Crippen LogP contribution in [0.4, 0.5) is 4.39 Å². The Kier molecular flexibility index (Phi) is 6.88. The topological polar surface area (TPSA) is 29.1 Å². The van der Waals surface area contributed by atoms with Gasteiger partial charge in [0.1, 0.15) is 5.82 Å². The van der Waals surface area contributed by atoms with E-state index in [2.05, 4.69) is 36.5 Å². The normalized spacial score (nSPS) is 11.8. The van der Waals surface area contributed by atoms with E-state index < -0.39 is 0 Å². The molecule has 144 valence electrons. The molecule has 0 heterocycles. The number of benzene rings is 3. The third-order valence-corrected chi connectivity index (χ3v) is 5.82. The van der Waals surface area contributed by atoms with Crippen molar-refractivity contribution in [2.45, 2.75) is 37.0 Å². The molecule has 0 bridgehead atoms. The summed E-state index contributed by atoms with van der Waals surface area (Å²) in [5.41, 5.74) is 4.05. The van der Waals surface area contributed by atoms with Crippen molar-refractivity contribution < 1.29 is 9.18 Å². The van der Waals surface area contributed by atoms with E-state index in [0.29, 0.717) is 11.3 Å². The van der Waals surface area contributed by atoms with Crippen LogP contribution in [0.5, 0.6) is 0 Å². The SMILES string of the molecule is CCc1ccc(C(C)NC(=O)c2ccccc2SCc2ccc(F)cc2)cc1. The quantitative estimate of drug-likeness (QED) is 0.486. The molecule has 3 aromatic rings. The van der Waals surface area contributed by atoms with Crippen LogP contribution in [0.3, 0.4) is 0 Å². The minimum absolute atomic E-state index is 0.0754. The van der Waals surface area contributed by atoms with Crippen LogP contribution < -0.4 is 5.32 Å². The van der Waals surface area contributed by atoms with Gasteiger partial charge in [0, 0.05) is 10.6 Å². The van der Waals surface area contributed by atoms with Gasteiger partial charge in [0.05, 0.1) is 11.6 Å². The van der Waals surface area contributed by atoms with E-state index in [1.807, 2.05) is 31.2 Å². The number of aryl methyl sites for hydroxylation is 1.